The van der Waals surface area contributed by atoms with Crippen molar-refractivity contribution in [1.82, 2.24) is 5.32 Å². The number of hydrogen-bond acceptors (Lipinski definition) is 1. The molecular formula is C17H29Cl2N. The Hall–Kier alpha value is 0.540. The van der Waals surface area contributed by atoms with Gasteiger partial charge in [-0.3, -0.25) is 0 Å². The molecule has 0 heterocycles. The Labute approximate surface area is 134 Å². The molecule has 0 radical (unpaired) electrons. The maximum absolute atomic E-state index is 6.47. The van der Waals surface area contributed by atoms with E-state index in [1.54, 1.807) is 0 Å². The molecule has 0 aromatic rings. The van der Waals surface area contributed by atoms with Crippen LogP contribution in [0.4, 0.5) is 0 Å². The summed E-state index contributed by atoms with van der Waals surface area (Å²) in [4.78, 5) is 0. The third kappa shape index (κ3) is 3.01. The number of nitrogens with one attached hydrogen (secondary N) is 1. The molecule has 0 spiro atoms. The summed E-state index contributed by atoms with van der Waals surface area (Å²) in [6, 6.07) is 0.771. The van der Waals surface area contributed by atoms with E-state index in [2.05, 4.69) is 12.4 Å². The molecule has 6 unspecified atom stereocenters. The number of rotatable bonds is 2. The van der Waals surface area contributed by atoms with E-state index in [0.29, 0.717) is 0 Å². The fraction of sp³-hybridized carbons (Fsp3) is 1.00. The first-order valence-corrected chi connectivity index (χ1v) is 9.53. The van der Waals surface area contributed by atoms with Crippen LogP contribution in [0.3, 0.4) is 0 Å². The van der Waals surface area contributed by atoms with Crippen LogP contribution in [0, 0.1) is 23.7 Å². The van der Waals surface area contributed by atoms with Crippen molar-refractivity contribution in [2.45, 2.75) is 74.6 Å². The summed E-state index contributed by atoms with van der Waals surface area (Å²) in [6.07, 6.45) is 12.2. The minimum absolute atomic E-state index is 0.208. The Kier molecular flexibility index (Phi) is 5.21. The third-order valence-corrected chi connectivity index (χ3v) is 7.60. The van der Waals surface area contributed by atoms with Crippen molar-refractivity contribution in [2.24, 2.45) is 23.7 Å². The van der Waals surface area contributed by atoms with Crippen molar-refractivity contribution in [3.05, 3.63) is 0 Å². The van der Waals surface area contributed by atoms with E-state index in [1.807, 2.05) is 0 Å². The summed E-state index contributed by atoms with van der Waals surface area (Å²) < 4.78 is 0. The lowest BCUT2D eigenvalue weighted by Gasteiger charge is -2.50. The molecule has 20 heavy (non-hydrogen) atoms. The van der Waals surface area contributed by atoms with Crippen LogP contribution < -0.4 is 5.32 Å². The number of halogens is 2. The Bertz CT molecular complexity index is 322. The molecule has 0 bridgehead atoms. The van der Waals surface area contributed by atoms with Gasteiger partial charge in [0.25, 0.3) is 0 Å². The normalized spacial score (nSPS) is 49.6. The molecule has 0 saturated heterocycles. The van der Waals surface area contributed by atoms with Crippen molar-refractivity contribution in [2.75, 3.05) is 7.05 Å². The second-order valence-corrected chi connectivity index (χ2v) is 8.47. The molecule has 0 amide bonds. The maximum atomic E-state index is 6.47. The minimum atomic E-state index is 0.208. The van der Waals surface area contributed by atoms with Gasteiger partial charge in [0.05, 0.1) is 5.38 Å². The lowest BCUT2D eigenvalue weighted by molar-refractivity contribution is 0.0296. The fourth-order valence-corrected chi connectivity index (χ4v) is 6.04. The van der Waals surface area contributed by atoms with Crippen LogP contribution in [-0.2, 0) is 0 Å². The van der Waals surface area contributed by atoms with E-state index < -0.39 is 0 Å². The highest BCUT2D eigenvalue weighted by molar-refractivity contribution is 6.30. The van der Waals surface area contributed by atoms with E-state index in [-0.39, 0.29) is 10.8 Å². The Morgan fingerprint density at radius 2 is 1.50 bits per heavy atom. The molecular weight excluding hydrogens is 289 g/mol. The lowest BCUT2D eigenvalue weighted by atomic mass is 9.58. The summed E-state index contributed by atoms with van der Waals surface area (Å²) in [6.45, 7) is 0. The molecule has 1 N–H and O–H groups in total. The van der Waals surface area contributed by atoms with E-state index >= 15 is 0 Å². The third-order valence-electron chi connectivity index (χ3n) is 6.46. The number of fused-ring (bicyclic) bond motifs is 1. The molecule has 3 fully saturated rings. The minimum Gasteiger partial charge on any atom is -0.317 e. The van der Waals surface area contributed by atoms with Crippen molar-refractivity contribution < 1.29 is 0 Å². The molecule has 3 aliphatic rings. The second kappa shape index (κ2) is 6.75. The highest BCUT2D eigenvalue weighted by Gasteiger charge is 2.44. The first-order chi connectivity index (χ1) is 9.70. The summed E-state index contributed by atoms with van der Waals surface area (Å²) in [5.41, 5.74) is 0. The van der Waals surface area contributed by atoms with Gasteiger partial charge in [-0.1, -0.05) is 12.8 Å². The summed E-state index contributed by atoms with van der Waals surface area (Å²) in [5.74, 6) is 3.65. The number of alkyl halides is 2. The Morgan fingerprint density at radius 3 is 2.20 bits per heavy atom. The second-order valence-electron chi connectivity index (χ2n) is 7.35. The van der Waals surface area contributed by atoms with Crippen molar-refractivity contribution in [3.8, 4) is 0 Å². The highest BCUT2D eigenvalue weighted by atomic mass is 35.5. The topological polar surface area (TPSA) is 12.0 Å². The van der Waals surface area contributed by atoms with Crippen LogP contribution in [0.25, 0.3) is 0 Å². The Morgan fingerprint density at radius 1 is 0.750 bits per heavy atom. The van der Waals surface area contributed by atoms with Gasteiger partial charge >= 0.3 is 0 Å². The zero-order valence-electron chi connectivity index (χ0n) is 12.7. The first-order valence-electron chi connectivity index (χ1n) is 8.66. The molecule has 0 aromatic carbocycles. The fourth-order valence-electron chi connectivity index (χ4n) is 5.46. The monoisotopic (exact) mass is 317 g/mol. The standard InChI is InChI=1S/C17H29Cl2N/c1-20-17-9-7-12(13-4-2-3-5-14(13)17)11-6-8-15(18)16(19)10-11/h11-17,20H,2-10H2,1H3/t11?,12-,13?,14?,15?,16?,17?/m1/s1. The van der Waals surface area contributed by atoms with Crippen molar-refractivity contribution >= 4 is 23.2 Å². The smallest absolute Gasteiger partial charge is 0.0502 e. The molecule has 1 nitrogen and oxygen atoms in total. The highest BCUT2D eigenvalue weighted by Crippen LogP contribution is 2.50. The van der Waals surface area contributed by atoms with Crippen molar-refractivity contribution in [1.29, 1.82) is 0 Å². The summed E-state index contributed by atoms with van der Waals surface area (Å²) in [7, 11) is 2.16. The molecule has 3 saturated carbocycles. The average Bonchev–Trinajstić information content (AvgIpc) is 2.49. The van der Waals surface area contributed by atoms with Gasteiger partial charge in [-0.05, 0) is 75.7 Å². The van der Waals surface area contributed by atoms with E-state index in [9.17, 15) is 0 Å². The van der Waals surface area contributed by atoms with Crippen molar-refractivity contribution in [3.63, 3.8) is 0 Å². The van der Waals surface area contributed by atoms with E-state index in [4.69, 9.17) is 23.2 Å². The van der Waals surface area contributed by atoms with Gasteiger partial charge in [0.1, 0.15) is 0 Å². The van der Waals surface area contributed by atoms with Gasteiger partial charge in [-0.25, -0.2) is 0 Å². The van der Waals surface area contributed by atoms with Crippen LogP contribution in [0.1, 0.15) is 57.8 Å². The van der Waals surface area contributed by atoms with Gasteiger partial charge in [0, 0.05) is 11.4 Å². The molecule has 7 atom stereocenters. The predicted molar refractivity (Wildman–Crippen MR) is 87.6 cm³/mol. The van der Waals surface area contributed by atoms with Gasteiger partial charge < -0.3 is 5.32 Å². The SMILES string of the molecule is CNC1CC[C@H](C2CCC(Cl)C(Cl)C2)C2CCCCC12. The van der Waals surface area contributed by atoms with Gasteiger partial charge in [0.2, 0.25) is 0 Å². The molecule has 0 aromatic heterocycles. The van der Waals surface area contributed by atoms with Crippen LogP contribution in [0.5, 0.6) is 0 Å². The van der Waals surface area contributed by atoms with Gasteiger partial charge in [0.15, 0.2) is 0 Å². The molecule has 0 aliphatic heterocycles. The van der Waals surface area contributed by atoms with Gasteiger partial charge in [-0.2, -0.15) is 0 Å². The average molecular weight is 318 g/mol. The lowest BCUT2D eigenvalue weighted by Crippen LogP contribution is -2.48. The van der Waals surface area contributed by atoms with Gasteiger partial charge in [-0.15, -0.1) is 23.2 Å². The molecule has 3 aliphatic carbocycles. The molecule has 3 rings (SSSR count). The number of hydrogen-bond donors (Lipinski definition) is 1. The largest absolute Gasteiger partial charge is 0.317 e. The van der Waals surface area contributed by atoms with Crippen LogP contribution >= 0.6 is 23.2 Å². The Balaban J connectivity index is 1.70. The van der Waals surface area contributed by atoms with Crippen LogP contribution in [0.15, 0.2) is 0 Å². The quantitative estimate of drug-likeness (QED) is 0.721. The first kappa shape index (κ1) is 15.4. The van der Waals surface area contributed by atoms with E-state index in [0.717, 1.165) is 42.6 Å². The molecule has 116 valence electrons. The zero-order chi connectivity index (χ0) is 14.1. The summed E-state index contributed by atoms with van der Waals surface area (Å²) >= 11 is 12.8. The van der Waals surface area contributed by atoms with Crippen LogP contribution in [0.2, 0.25) is 0 Å². The van der Waals surface area contributed by atoms with E-state index in [1.165, 1.54) is 44.9 Å². The maximum Gasteiger partial charge on any atom is 0.0502 e. The van der Waals surface area contributed by atoms with Crippen LogP contribution in [-0.4, -0.2) is 23.8 Å². The zero-order valence-corrected chi connectivity index (χ0v) is 14.2. The summed E-state index contributed by atoms with van der Waals surface area (Å²) in [5, 5.41) is 4.01. The molecule has 3 heteroatoms. The predicted octanol–water partition coefficient (Wildman–Crippen LogP) is 4.81.